The van der Waals surface area contributed by atoms with Crippen LogP contribution in [0, 0.1) is 25.3 Å². The highest BCUT2D eigenvalue weighted by Crippen LogP contribution is 2.27. The molecule has 162 valence electrons. The number of aryl methyl sites for hydroxylation is 2. The molecule has 5 heteroatoms. The molecule has 0 aromatic heterocycles. The zero-order valence-corrected chi connectivity index (χ0v) is 18.7. The van der Waals surface area contributed by atoms with Crippen LogP contribution >= 0.6 is 0 Å². The highest BCUT2D eigenvalue weighted by atomic mass is 15.3. The number of piperazine rings is 1. The Balaban J connectivity index is 1.58. The fraction of sp³-hybridized carbons (Fsp3) is 0.259. The standard InChI is InChI=1S/C27H29N5/c1-21-17-22(2)19-25(18-21)31-13-15-32(16-14-31)27(29-20-28)30-26(23-9-5-3-6-10-23)24-11-7-4-8-12-24/h3-12,17-19,26H,13-16H2,1-2H3,(H,29,30). The third-order valence-corrected chi connectivity index (χ3v) is 5.80. The van der Waals surface area contributed by atoms with Gasteiger partial charge >= 0.3 is 0 Å². The number of hydrogen-bond acceptors (Lipinski definition) is 3. The molecular formula is C27H29N5. The minimum absolute atomic E-state index is 0.175. The van der Waals surface area contributed by atoms with Crippen molar-refractivity contribution < 1.29 is 0 Å². The van der Waals surface area contributed by atoms with Crippen LogP contribution in [0.2, 0.25) is 0 Å². The van der Waals surface area contributed by atoms with Crippen LogP contribution in [0.3, 0.4) is 0 Å². The van der Waals surface area contributed by atoms with Crippen molar-refractivity contribution in [3.8, 4) is 6.19 Å². The van der Waals surface area contributed by atoms with Gasteiger partial charge in [0.25, 0.3) is 0 Å². The van der Waals surface area contributed by atoms with Gasteiger partial charge in [-0.25, -0.2) is 4.99 Å². The maximum absolute atomic E-state index is 9.43. The number of nitrogens with zero attached hydrogens (tertiary/aromatic N) is 4. The Morgan fingerprint density at radius 3 is 1.88 bits per heavy atom. The van der Waals surface area contributed by atoms with Gasteiger partial charge in [0.1, 0.15) is 6.04 Å². The van der Waals surface area contributed by atoms with Crippen LogP contribution in [0.15, 0.2) is 83.9 Å². The van der Waals surface area contributed by atoms with E-state index in [1.54, 1.807) is 0 Å². The predicted octanol–water partition coefficient (Wildman–Crippen LogP) is 4.64. The Bertz CT molecular complexity index is 1030. The normalized spacial score (nSPS) is 14.4. The third kappa shape index (κ3) is 5.09. The van der Waals surface area contributed by atoms with Gasteiger partial charge in [-0.15, -0.1) is 0 Å². The zero-order chi connectivity index (χ0) is 22.3. The highest BCUT2D eigenvalue weighted by molar-refractivity contribution is 5.82. The molecule has 0 saturated carbocycles. The van der Waals surface area contributed by atoms with E-state index in [1.807, 2.05) is 36.4 Å². The average Bonchev–Trinajstić information content (AvgIpc) is 2.82. The van der Waals surface area contributed by atoms with Crippen LogP contribution in [0.25, 0.3) is 0 Å². The summed E-state index contributed by atoms with van der Waals surface area (Å²) in [5, 5.41) is 12.3. The van der Waals surface area contributed by atoms with Crippen molar-refractivity contribution in [3.05, 3.63) is 101 Å². The van der Waals surface area contributed by atoms with Crippen LogP contribution < -0.4 is 10.2 Å². The molecule has 0 atom stereocenters. The number of rotatable bonds is 4. The maximum atomic E-state index is 9.43. The lowest BCUT2D eigenvalue weighted by Gasteiger charge is -2.37. The maximum Gasteiger partial charge on any atom is 0.208 e. The molecule has 5 nitrogen and oxygen atoms in total. The Morgan fingerprint density at radius 2 is 1.38 bits per heavy atom. The molecule has 1 aliphatic heterocycles. The average molecular weight is 424 g/mol. The van der Waals surface area contributed by atoms with E-state index >= 15 is 0 Å². The molecule has 0 bridgehead atoms. The molecule has 3 aromatic rings. The molecule has 32 heavy (non-hydrogen) atoms. The van der Waals surface area contributed by atoms with Crippen LogP contribution in [0.1, 0.15) is 28.3 Å². The minimum atomic E-state index is -0.175. The van der Waals surface area contributed by atoms with E-state index in [0.717, 1.165) is 37.3 Å². The van der Waals surface area contributed by atoms with Gasteiger partial charge in [-0.2, -0.15) is 5.26 Å². The van der Waals surface area contributed by atoms with Gasteiger partial charge in [0, 0.05) is 31.9 Å². The monoisotopic (exact) mass is 423 g/mol. The fourth-order valence-corrected chi connectivity index (χ4v) is 4.29. The van der Waals surface area contributed by atoms with Crippen LogP contribution in [0.5, 0.6) is 0 Å². The summed E-state index contributed by atoms with van der Waals surface area (Å²) in [5.74, 6) is 0.630. The Labute approximate surface area is 190 Å². The first-order chi connectivity index (χ1) is 15.6. The fourth-order valence-electron chi connectivity index (χ4n) is 4.29. The van der Waals surface area contributed by atoms with E-state index in [9.17, 15) is 5.26 Å². The summed E-state index contributed by atoms with van der Waals surface area (Å²) in [6.45, 7) is 7.66. The second-order valence-electron chi connectivity index (χ2n) is 8.23. The molecule has 1 heterocycles. The molecule has 0 unspecified atom stereocenters. The number of guanidine groups is 1. The summed E-state index contributed by atoms with van der Waals surface area (Å²) >= 11 is 0. The lowest BCUT2D eigenvalue weighted by Crippen LogP contribution is -2.52. The molecule has 0 radical (unpaired) electrons. The van der Waals surface area contributed by atoms with Crippen LogP contribution in [-0.2, 0) is 0 Å². The molecule has 4 rings (SSSR count). The number of hydrogen-bond donors (Lipinski definition) is 1. The Hall–Kier alpha value is -3.78. The molecule has 0 aliphatic carbocycles. The molecule has 0 spiro atoms. The smallest absolute Gasteiger partial charge is 0.208 e. The van der Waals surface area contributed by atoms with Gasteiger partial charge in [0.05, 0.1) is 0 Å². The minimum Gasteiger partial charge on any atom is -0.368 e. The van der Waals surface area contributed by atoms with Gasteiger partial charge in [0.15, 0.2) is 6.19 Å². The Kier molecular flexibility index (Phi) is 6.72. The van der Waals surface area contributed by atoms with E-state index in [4.69, 9.17) is 4.99 Å². The van der Waals surface area contributed by atoms with E-state index in [1.165, 1.54) is 16.8 Å². The second kappa shape index (κ2) is 10.0. The van der Waals surface area contributed by atoms with Gasteiger partial charge in [0.2, 0.25) is 5.96 Å². The van der Waals surface area contributed by atoms with Crippen molar-refractivity contribution in [3.63, 3.8) is 0 Å². The first-order valence-corrected chi connectivity index (χ1v) is 11.0. The summed E-state index contributed by atoms with van der Waals surface area (Å²) < 4.78 is 0. The quantitative estimate of drug-likeness (QED) is 0.287. The number of nitriles is 1. The van der Waals surface area contributed by atoms with Crippen LogP contribution in [0.4, 0.5) is 5.69 Å². The molecular weight excluding hydrogens is 394 g/mol. The summed E-state index contributed by atoms with van der Waals surface area (Å²) in [6, 6.07) is 27.0. The van der Waals surface area contributed by atoms with Crippen molar-refractivity contribution >= 4 is 11.6 Å². The molecule has 1 fully saturated rings. The van der Waals surface area contributed by atoms with E-state index in [-0.39, 0.29) is 6.04 Å². The summed E-state index contributed by atoms with van der Waals surface area (Å²) in [7, 11) is 0. The second-order valence-corrected chi connectivity index (χ2v) is 8.23. The summed E-state index contributed by atoms with van der Waals surface area (Å²) in [5.41, 5.74) is 6.03. The molecule has 1 aliphatic rings. The Morgan fingerprint density at radius 1 is 0.844 bits per heavy atom. The molecule has 3 aromatic carbocycles. The van der Waals surface area contributed by atoms with Gasteiger partial charge in [-0.3, -0.25) is 5.32 Å². The highest BCUT2D eigenvalue weighted by Gasteiger charge is 2.22. The lowest BCUT2D eigenvalue weighted by atomic mass is 9.99. The number of aliphatic imine (C=N–C) groups is 1. The van der Waals surface area contributed by atoms with Crippen molar-refractivity contribution in [2.24, 2.45) is 4.99 Å². The van der Waals surface area contributed by atoms with Crippen molar-refractivity contribution in [2.45, 2.75) is 19.9 Å². The first-order valence-electron chi connectivity index (χ1n) is 11.0. The SMILES string of the molecule is Cc1cc(C)cc(N2CCN(C(=NC(c3ccccc3)c3ccccc3)NC#N)CC2)c1. The number of benzene rings is 3. The van der Waals surface area contributed by atoms with Crippen molar-refractivity contribution in [2.75, 3.05) is 31.1 Å². The molecule has 1 saturated heterocycles. The predicted molar refractivity (Wildman–Crippen MR) is 131 cm³/mol. The van der Waals surface area contributed by atoms with Gasteiger partial charge < -0.3 is 9.80 Å². The lowest BCUT2D eigenvalue weighted by molar-refractivity contribution is 0.375. The third-order valence-electron chi connectivity index (χ3n) is 5.80. The zero-order valence-electron chi connectivity index (χ0n) is 18.7. The molecule has 1 N–H and O–H groups in total. The summed E-state index contributed by atoms with van der Waals surface area (Å²) in [6.07, 6.45) is 2.10. The van der Waals surface area contributed by atoms with Gasteiger partial charge in [-0.1, -0.05) is 66.7 Å². The van der Waals surface area contributed by atoms with Gasteiger partial charge in [-0.05, 0) is 48.2 Å². The first kappa shape index (κ1) is 21.5. The van der Waals surface area contributed by atoms with Crippen molar-refractivity contribution in [1.82, 2.24) is 10.2 Å². The topological polar surface area (TPSA) is 54.7 Å². The number of anilines is 1. The van der Waals surface area contributed by atoms with Crippen molar-refractivity contribution in [1.29, 1.82) is 5.26 Å². The summed E-state index contributed by atoms with van der Waals surface area (Å²) in [4.78, 5) is 9.64. The number of nitrogens with one attached hydrogen (secondary N) is 1. The van der Waals surface area contributed by atoms with E-state index in [0.29, 0.717) is 5.96 Å². The largest absolute Gasteiger partial charge is 0.368 e. The van der Waals surface area contributed by atoms with E-state index in [2.05, 4.69) is 77.6 Å². The molecule has 0 amide bonds. The van der Waals surface area contributed by atoms with E-state index < -0.39 is 0 Å². The van der Waals surface area contributed by atoms with Crippen LogP contribution in [-0.4, -0.2) is 37.0 Å².